The van der Waals surface area contributed by atoms with Crippen LogP contribution in [-0.2, 0) is 11.2 Å². The van der Waals surface area contributed by atoms with Crippen molar-refractivity contribution in [3.8, 4) is 0 Å². The maximum absolute atomic E-state index is 5.50. The minimum atomic E-state index is 0. The quantitative estimate of drug-likeness (QED) is 0.368. The number of para-hydroxylation sites is 1. The molecule has 0 amide bonds. The number of halogens is 1. The Morgan fingerprint density at radius 1 is 1.28 bits per heavy atom. The first kappa shape index (κ1) is 22.4. The van der Waals surface area contributed by atoms with Crippen molar-refractivity contribution in [2.75, 3.05) is 52.5 Å². The highest BCUT2D eigenvalue weighted by atomic mass is 127. The summed E-state index contributed by atoms with van der Waals surface area (Å²) in [7, 11) is 0. The second-order valence-electron chi connectivity index (χ2n) is 7.83. The summed E-state index contributed by atoms with van der Waals surface area (Å²) in [6.45, 7) is 12.0. The standard InChI is InChI=1S/C22H33N5O.HI/c1-3-23-22(27-10-8-19(16-27)26-11-13-28-14-12-26)24-9-7-18-15-25-21-17(2)5-4-6-20(18)21;/h4-6,15,19,25H,3,7-14,16H2,1-2H3,(H,23,24);1H. The summed E-state index contributed by atoms with van der Waals surface area (Å²) in [5.41, 5.74) is 3.90. The number of H-pyrrole nitrogens is 1. The Morgan fingerprint density at radius 2 is 2.10 bits per heavy atom. The molecule has 0 saturated carbocycles. The van der Waals surface area contributed by atoms with Gasteiger partial charge in [-0.25, -0.2) is 0 Å². The summed E-state index contributed by atoms with van der Waals surface area (Å²) in [4.78, 5) is 13.4. The van der Waals surface area contributed by atoms with Gasteiger partial charge in [0.05, 0.1) is 13.2 Å². The van der Waals surface area contributed by atoms with E-state index >= 15 is 0 Å². The molecule has 160 valence electrons. The van der Waals surface area contributed by atoms with Crippen LogP contribution in [0.1, 0.15) is 24.5 Å². The number of aromatic nitrogens is 1. The van der Waals surface area contributed by atoms with Crippen LogP contribution in [0.15, 0.2) is 29.4 Å². The van der Waals surface area contributed by atoms with Gasteiger partial charge in [-0.3, -0.25) is 9.89 Å². The molecular formula is C22H34IN5O. The van der Waals surface area contributed by atoms with E-state index in [9.17, 15) is 0 Å². The molecule has 2 fully saturated rings. The summed E-state index contributed by atoms with van der Waals surface area (Å²) in [6.07, 6.45) is 4.32. The number of aromatic amines is 1. The second kappa shape index (κ2) is 10.6. The summed E-state index contributed by atoms with van der Waals surface area (Å²) < 4.78 is 5.50. The van der Waals surface area contributed by atoms with Crippen molar-refractivity contribution in [3.63, 3.8) is 0 Å². The van der Waals surface area contributed by atoms with Gasteiger partial charge in [-0.1, -0.05) is 18.2 Å². The zero-order valence-electron chi connectivity index (χ0n) is 17.6. The Bertz CT molecular complexity index is 815. The number of benzene rings is 1. The van der Waals surface area contributed by atoms with Crippen molar-refractivity contribution in [3.05, 3.63) is 35.5 Å². The molecule has 4 rings (SSSR count). The number of nitrogens with one attached hydrogen (secondary N) is 2. The third-order valence-electron chi connectivity index (χ3n) is 6.01. The largest absolute Gasteiger partial charge is 0.379 e. The highest BCUT2D eigenvalue weighted by Crippen LogP contribution is 2.22. The first-order valence-electron chi connectivity index (χ1n) is 10.7. The Balaban J connectivity index is 0.00000240. The SMILES string of the molecule is CCNC(=NCCc1c[nH]c2c(C)cccc12)N1CCC(N2CCOCC2)C1.I. The van der Waals surface area contributed by atoms with Crippen LogP contribution in [0.3, 0.4) is 0 Å². The first-order chi connectivity index (χ1) is 13.8. The van der Waals surface area contributed by atoms with Gasteiger partial charge in [0.1, 0.15) is 0 Å². The lowest BCUT2D eigenvalue weighted by molar-refractivity contribution is 0.0195. The number of hydrogen-bond donors (Lipinski definition) is 2. The Hall–Kier alpha value is -1.32. The lowest BCUT2D eigenvalue weighted by Crippen LogP contribution is -2.46. The van der Waals surface area contributed by atoms with E-state index in [2.05, 4.69) is 58.3 Å². The van der Waals surface area contributed by atoms with E-state index in [1.54, 1.807) is 0 Å². The van der Waals surface area contributed by atoms with Crippen LogP contribution >= 0.6 is 24.0 Å². The molecule has 2 aliphatic heterocycles. The Morgan fingerprint density at radius 3 is 2.90 bits per heavy atom. The summed E-state index contributed by atoms with van der Waals surface area (Å²) in [6, 6.07) is 7.13. The van der Waals surface area contributed by atoms with E-state index < -0.39 is 0 Å². The normalized spacial score (nSPS) is 20.8. The molecule has 2 aliphatic rings. The number of nitrogens with zero attached hydrogens (tertiary/aromatic N) is 3. The first-order valence-corrected chi connectivity index (χ1v) is 10.7. The number of aliphatic imine (C=N–C) groups is 1. The van der Waals surface area contributed by atoms with Crippen molar-refractivity contribution >= 4 is 40.8 Å². The molecule has 7 heteroatoms. The average molecular weight is 511 g/mol. The number of likely N-dealkylation sites (tertiary alicyclic amines) is 1. The van der Waals surface area contributed by atoms with E-state index in [0.29, 0.717) is 6.04 Å². The van der Waals surface area contributed by atoms with Gasteiger partial charge in [0.2, 0.25) is 0 Å². The van der Waals surface area contributed by atoms with Gasteiger partial charge >= 0.3 is 0 Å². The minimum Gasteiger partial charge on any atom is -0.379 e. The van der Waals surface area contributed by atoms with E-state index in [1.165, 1.54) is 28.5 Å². The molecule has 2 aromatic rings. The summed E-state index contributed by atoms with van der Waals surface area (Å²) in [5, 5.41) is 4.83. The van der Waals surface area contributed by atoms with Crippen LogP contribution in [0.5, 0.6) is 0 Å². The van der Waals surface area contributed by atoms with Crippen LogP contribution in [-0.4, -0.2) is 79.3 Å². The molecule has 2 saturated heterocycles. The van der Waals surface area contributed by atoms with Crippen molar-refractivity contribution in [1.29, 1.82) is 0 Å². The van der Waals surface area contributed by atoms with Crippen LogP contribution in [0.25, 0.3) is 10.9 Å². The molecule has 3 heterocycles. The molecule has 0 radical (unpaired) electrons. The topological polar surface area (TPSA) is 55.9 Å². The van der Waals surface area contributed by atoms with E-state index in [0.717, 1.165) is 64.9 Å². The molecule has 1 atom stereocenters. The van der Waals surface area contributed by atoms with Crippen LogP contribution in [0, 0.1) is 6.92 Å². The van der Waals surface area contributed by atoms with E-state index in [4.69, 9.17) is 9.73 Å². The van der Waals surface area contributed by atoms with Crippen molar-refractivity contribution in [2.24, 2.45) is 4.99 Å². The number of guanidine groups is 1. The van der Waals surface area contributed by atoms with Crippen LogP contribution < -0.4 is 5.32 Å². The number of aryl methyl sites for hydroxylation is 1. The molecule has 29 heavy (non-hydrogen) atoms. The van der Waals surface area contributed by atoms with Crippen LogP contribution in [0.4, 0.5) is 0 Å². The predicted octanol–water partition coefficient (Wildman–Crippen LogP) is 3.01. The fraction of sp³-hybridized carbons (Fsp3) is 0.591. The zero-order valence-corrected chi connectivity index (χ0v) is 19.9. The molecule has 1 unspecified atom stereocenters. The van der Waals surface area contributed by atoms with Gasteiger partial charge in [0.15, 0.2) is 5.96 Å². The lowest BCUT2D eigenvalue weighted by Gasteiger charge is -2.32. The van der Waals surface area contributed by atoms with Crippen molar-refractivity contribution in [2.45, 2.75) is 32.7 Å². The molecule has 0 spiro atoms. The summed E-state index contributed by atoms with van der Waals surface area (Å²) >= 11 is 0. The molecular weight excluding hydrogens is 477 g/mol. The minimum absolute atomic E-state index is 0. The van der Waals surface area contributed by atoms with Gasteiger partial charge in [0.25, 0.3) is 0 Å². The second-order valence-corrected chi connectivity index (χ2v) is 7.83. The van der Waals surface area contributed by atoms with Gasteiger partial charge in [-0.15, -0.1) is 24.0 Å². The third kappa shape index (κ3) is 5.24. The van der Waals surface area contributed by atoms with Crippen molar-refractivity contribution < 1.29 is 4.74 Å². The molecule has 2 N–H and O–H groups in total. The molecule has 0 bridgehead atoms. The number of ether oxygens (including phenoxy) is 1. The number of morpholine rings is 1. The highest BCUT2D eigenvalue weighted by Gasteiger charge is 2.30. The average Bonchev–Trinajstić information content (AvgIpc) is 3.37. The smallest absolute Gasteiger partial charge is 0.193 e. The van der Waals surface area contributed by atoms with Gasteiger partial charge in [0, 0.05) is 62.4 Å². The molecule has 1 aromatic heterocycles. The fourth-order valence-electron chi connectivity index (χ4n) is 4.45. The number of rotatable bonds is 5. The van der Waals surface area contributed by atoms with E-state index in [1.807, 2.05) is 0 Å². The van der Waals surface area contributed by atoms with Gasteiger partial charge < -0.3 is 19.9 Å². The monoisotopic (exact) mass is 511 g/mol. The van der Waals surface area contributed by atoms with Gasteiger partial charge in [-0.2, -0.15) is 0 Å². The Labute approximate surface area is 191 Å². The van der Waals surface area contributed by atoms with E-state index in [-0.39, 0.29) is 24.0 Å². The lowest BCUT2D eigenvalue weighted by atomic mass is 10.1. The summed E-state index contributed by atoms with van der Waals surface area (Å²) in [5.74, 6) is 1.06. The third-order valence-corrected chi connectivity index (χ3v) is 6.01. The molecule has 6 nitrogen and oxygen atoms in total. The maximum Gasteiger partial charge on any atom is 0.193 e. The van der Waals surface area contributed by atoms with Crippen LogP contribution in [0.2, 0.25) is 0 Å². The Kier molecular flexibility index (Phi) is 8.20. The number of hydrogen-bond acceptors (Lipinski definition) is 3. The van der Waals surface area contributed by atoms with Crippen molar-refractivity contribution in [1.82, 2.24) is 20.1 Å². The zero-order chi connectivity index (χ0) is 19.3. The van der Waals surface area contributed by atoms with Gasteiger partial charge in [-0.05, 0) is 37.8 Å². The molecule has 1 aromatic carbocycles. The predicted molar refractivity (Wildman–Crippen MR) is 131 cm³/mol. The molecule has 0 aliphatic carbocycles. The highest BCUT2D eigenvalue weighted by molar-refractivity contribution is 14.0. The number of fused-ring (bicyclic) bond motifs is 1. The fourth-order valence-corrected chi connectivity index (χ4v) is 4.45. The maximum atomic E-state index is 5.50.